The van der Waals surface area contributed by atoms with Crippen LogP contribution in [0.25, 0.3) is 0 Å². The number of amides is 2. The zero-order chi connectivity index (χ0) is 19.3. The fourth-order valence-corrected chi connectivity index (χ4v) is 3.44. The molecule has 1 aliphatic rings. The van der Waals surface area contributed by atoms with Crippen molar-refractivity contribution >= 4 is 11.8 Å². The number of hydrogen-bond donors (Lipinski definition) is 1. The lowest BCUT2D eigenvalue weighted by molar-refractivity contribution is -0.131. The van der Waals surface area contributed by atoms with Gasteiger partial charge < -0.3 is 10.2 Å². The number of carbonyl (C=O) groups excluding carboxylic acids is 2. The third-order valence-electron chi connectivity index (χ3n) is 4.89. The number of nitrogens with one attached hydrogen (secondary N) is 1. The van der Waals surface area contributed by atoms with Crippen LogP contribution in [0.3, 0.4) is 0 Å². The van der Waals surface area contributed by atoms with Gasteiger partial charge in [0.25, 0.3) is 0 Å². The molecule has 0 unspecified atom stereocenters. The predicted molar refractivity (Wildman–Crippen MR) is 101 cm³/mol. The molecule has 2 amide bonds. The maximum atomic E-state index is 13.7. The van der Waals surface area contributed by atoms with Crippen LogP contribution < -0.4 is 5.32 Å². The van der Waals surface area contributed by atoms with Gasteiger partial charge in [0, 0.05) is 32.0 Å². The zero-order valence-corrected chi connectivity index (χ0v) is 16.3. The van der Waals surface area contributed by atoms with Gasteiger partial charge in [0.15, 0.2) is 0 Å². The Morgan fingerprint density at radius 2 is 1.92 bits per heavy atom. The molecule has 1 heterocycles. The first-order chi connectivity index (χ1) is 12.3. The molecule has 2 rings (SSSR count). The van der Waals surface area contributed by atoms with E-state index in [-0.39, 0.29) is 35.4 Å². The topological polar surface area (TPSA) is 49.4 Å². The van der Waals surface area contributed by atoms with Crippen molar-refractivity contribution in [1.29, 1.82) is 0 Å². The van der Waals surface area contributed by atoms with Gasteiger partial charge in [0.1, 0.15) is 5.82 Å². The minimum Gasteiger partial charge on any atom is -0.356 e. The van der Waals surface area contributed by atoms with Crippen molar-refractivity contribution in [2.24, 2.45) is 17.8 Å². The summed E-state index contributed by atoms with van der Waals surface area (Å²) >= 11 is 0. The predicted octanol–water partition coefficient (Wildman–Crippen LogP) is 3.58. The molecule has 1 aliphatic heterocycles. The van der Waals surface area contributed by atoms with Gasteiger partial charge in [-0.15, -0.1) is 0 Å². The first-order valence-electron chi connectivity index (χ1n) is 9.58. The first-order valence-corrected chi connectivity index (χ1v) is 9.58. The van der Waals surface area contributed by atoms with E-state index in [1.807, 2.05) is 19.9 Å². The minimum absolute atomic E-state index is 0.0419. The molecule has 0 aliphatic carbocycles. The summed E-state index contributed by atoms with van der Waals surface area (Å²) in [5.74, 6) is 0.00375. The van der Waals surface area contributed by atoms with Crippen molar-refractivity contribution in [3.63, 3.8) is 0 Å². The van der Waals surface area contributed by atoms with Crippen LogP contribution in [0, 0.1) is 23.6 Å². The number of benzene rings is 1. The van der Waals surface area contributed by atoms with E-state index in [9.17, 15) is 14.0 Å². The number of nitrogens with zero attached hydrogens (tertiary/aromatic N) is 1. The lowest BCUT2D eigenvalue weighted by Gasteiger charge is -2.18. The monoisotopic (exact) mass is 362 g/mol. The van der Waals surface area contributed by atoms with Crippen molar-refractivity contribution < 1.29 is 14.0 Å². The van der Waals surface area contributed by atoms with Gasteiger partial charge in [0.05, 0.1) is 5.92 Å². The molecule has 0 radical (unpaired) electrons. The summed E-state index contributed by atoms with van der Waals surface area (Å²) in [6.45, 7) is 9.75. The van der Waals surface area contributed by atoms with Crippen LogP contribution in [0.4, 0.5) is 4.39 Å². The van der Waals surface area contributed by atoms with Crippen molar-refractivity contribution in [3.8, 4) is 0 Å². The van der Waals surface area contributed by atoms with Crippen molar-refractivity contribution in [2.45, 2.75) is 46.5 Å². The van der Waals surface area contributed by atoms with Crippen LogP contribution in [0.5, 0.6) is 0 Å². The van der Waals surface area contributed by atoms with Crippen LogP contribution in [0.2, 0.25) is 0 Å². The molecular weight excluding hydrogens is 331 g/mol. The molecule has 5 heteroatoms. The van der Waals surface area contributed by atoms with E-state index in [1.54, 1.807) is 11.0 Å². The number of rotatable bonds is 7. The Morgan fingerprint density at radius 1 is 1.19 bits per heavy atom. The molecule has 144 valence electrons. The Hall–Kier alpha value is -1.91. The molecule has 0 spiro atoms. The van der Waals surface area contributed by atoms with Crippen LogP contribution >= 0.6 is 0 Å². The molecule has 0 bridgehead atoms. The zero-order valence-electron chi connectivity index (χ0n) is 16.3. The van der Waals surface area contributed by atoms with E-state index in [0.29, 0.717) is 32.0 Å². The van der Waals surface area contributed by atoms with Crippen molar-refractivity contribution in [2.75, 3.05) is 19.6 Å². The molecule has 1 saturated heterocycles. The average Bonchev–Trinajstić information content (AvgIpc) is 2.99. The highest BCUT2D eigenvalue weighted by molar-refractivity contribution is 5.83. The largest absolute Gasteiger partial charge is 0.356 e. The molecule has 1 N–H and O–H groups in total. The van der Waals surface area contributed by atoms with Gasteiger partial charge in [-0.25, -0.2) is 4.39 Å². The van der Waals surface area contributed by atoms with Crippen LogP contribution in [0.15, 0.2) is 24.3 Å². The molecule has 1 aromatic rings. The lowest BCUT2D eigenvalue weighted by Crippen LogP contribution is -2.36. The number of halogens is 1. The van der Waals surface area contributed by atoms with Gasteiger partial charge in [-0.3, -0.25) is 9.59 Å². The Balaban J connectivity index is 2.14. The highest BCUT2D eigenvalue weighted by atomic mass is 19.1. The van der Waals surface area contributed by atoms with E-state index >= 15 is 0 Å². The van der Waals surface area contributed by atoms with E-state index < -0.39 is 0 Å². The summed E-state index contributed by atoms with van der Waals surface area (Å²) in [5.41, 5.74) is 0.786. The van der Waals surface area contributed by atoms with E-state index in [1.165, 1.54) is 12.1 Å². The third-order valence-corrected chi connectivity index (χ3v) is 4.89. The minimum atomic E-state index is -0.333. The van der Waals surface area contributed by atoms with E-state index in [0.717, 1.165) is 12.0 Å². The van der Waals surface area contributed by atoms with Gasteiger partial charge >= 0.3 is 0 Å². The highest BCUT2D eigenvalue weighted by Crippen LogP contribution is 2.34. The Kier molecular flexibility index (Phi) is 7.18. The Bertz CT molecular complexity index is 630. The molecule has 1 fully saturated rings. The lowest BCUT2D eigenvalue weighted by atomic mass is 9.88. The Labute approximate surface area is 156 Å². The number of carbonyl (C=O) groups is 2. The number of likely N-dealkylation sites (tertiary alicyclic amines) is 1. The van der Waals surface area contributed by atoms with Crippen molar-refractivity contribution in [1.82, 2.24) is 10.2 Å². The fourth-order valence-electron chi connectivity index (χ4n) is 3.44. The van der Waals surface area contributed by atoms with Gasteiger partial charge in [-0.05, 0) is 36.0 Å². The second-order valence-electron chi connectivity index (χ2n) is 8.14. The van der Waals surface area contributed by atoms with Crippen LogP contribution in [-0.4, -0.2) is 36.3 Å². The summed E-state index contributed by atoms with van der Waals surface area (Å²) in [7, 11) is 0. The smallest absolute Gasteiger partial charge is 0.225 e. The summed E-state index contributed by atoms with van der Waals surface area (Å²) in [6, 6.07) is 6.39. The average molecular weight is 362 g/mol. The molecule has 2 atom stereocenters. The first kappa shape index (κ1) is 20.4. The van der Waals surface area contributed by atoms with Gasteiger partial charge in [0.2, 0.25) is 11.8 Å². The van der Waals surface area contributed by atoms with Crippen LogP contribution in [-0.2, 0) is 9.59 Å². The van der Waals surface area contributed by atoms with Gasteiger partial charge in [-0.2, -0.15) is 0 Å². The molecule has 4 nitrogen and oxygen atoms in total. The summed E-state index contributed by atoms with van der Waals surface area (Å²) in [5, 5.41) is 3.00. The Morgan fingerprint density at radius 3 is 2.54 bits per heavy atom. The summed E-state index contributed by atoms with van der Waals surface area (Å²) < 4.78 is 13.7. The quantitative estimate of drug-likeness (QED) is 0.806. The fraction of sp³-hybridized carbons (Fsp3) is 0.619. The molecular formula is C21H31FN2O2. The second kappa shape index (κ2) is 9.15. The molecule has 26 heavy (non-hydrogen) atoms. The highest BCUT2D eigenvalue weighted by Gasteiger charge is 2.40. The second-order valence-corrected chi connectivity index (χ2v) is 8.14. The van der Waals surface area contributed by atoms with E-state index in [2.05, 4.69) is 19.2 Å². The van der Waals surface area contributed by atoms with Crippen LogP contribution in [0.1, 0.15) is 52.0 Å². The normalized spacial score (nSPS) is 20.0. The maximum absolute atomic E-state index is 13.7. The summed E-state index contributed by atoms with van der Waals surface area (Å²) in [4.78, 5) is 27.0. The standard InChI is InChI=1S/C21H31FN2O2/c1-14(2)8-9-23-21(26)19-13-24(20(25)10-15(3)4)12-18(19)16-6-5-7-17(22)11-16/h5-7,11,14-15,18-19H,8-10,12-13H2,1-4H3,(H,23,26)/t18-,19+/m0/s1. The maximum Gasteiger partial charge on any atom is 0.225 e. The van der Waals surface area contributed by atoms with Gasteiger partial charge in [-0.1, -0.05) is 39.8 Å². The molecule has 0 saturated carbocycles. The molecule has 0 aromatic heterocycles. The third kappa shape index (κ3) is 5.55. The summed E-state index contributed by atoms with van der Waals surface area (Å²) in [6.07, 6.45) is 1.39. The van der Waals surface area contributed by atoms with E-state index in [4.69, 9.17) is 0 Å². The number of hydrogen-bond acceptors (Lipinski definition) is 2. The molecule has 1 aromatic carbocycles. The van der Waals surface area contributed by atoms with Crippen molar-refractivity contribution in [3.05, 3.63) is 35.6 Å². The SMILES string of the molecule is CC(C)CCNC(=O)[C@@H]1CN(C(=O)CC(C)C)C[C@H]1c1cccc(F)c1.